The first-order valence-electron chi connectivity index (χ1n) is 5.19. The second-order valence-electron chi connectivity index (χ2n) is 3.44. The fraction of sp³-hybridized carbons (Fsp3) is 0.300. The Morgan fingerprint density at radius 2 is 2.11 bits per heavy atom. The number of hydrogen-bond acceptors (Lipinski definition) is 4. The van der Waals surface area contributed by atoms with E-state index in [4.69, 9.17) is 5.73 Å². The van der Waals surface area contributed by atoms with Crippen molar-refractivity contribution in [2.24, 2.45) is 0 Å². The Kier molecular flexibility index (Phi) is 4.62. The lowest BCUT2D eigenvalue weighted by Crippen LogP contribution is -2.37. The molecule has 6 nitrogen and oxygen atoms in total. The van der Waals surface area contributed by atoms with Crippen LogP contribution in [0.4, 0.5) is 10.1 Å². The number of carbonyl (C=O) groups excluding carboxylic acids is 1. The maximum absolute atomic E-state index is 13.4. The predicted molar refractivity (Wildman–Crippen MR) is 64.7 cm³/mol. The number of nitrogens with one attached hydrogen (secondary N) is 2. The van der Waals surface area contributed by atoms with Crippen LogP contribution in [0.15, 0.2) is 23.1 Å². The van der Waals surface area contributed by atoms with Gasteiger partial charge in [-0.25, -0.2) is 17.5 Å². The minimum atomic E-state index is -4.15. The molecule has 0 atom stereocenters. The largest absolute Gasteiger partial charge is 0.398 e. The monoisotopic (exact) mass is 275 g/mol. The van der Waals surface area contributed by atoms with Crippen molar-refractivity contribution >= 4 is 21.6 Å². The Labute approximate surface area is 104 Å². The van der Waals surface area contributed by atoms with Gasteiger partial charge in [0, 0.05) is 6.54 Å². The van der Waals surface area contributed by atoms with Gasteiger partial charge in [-0.2, -0.15) is 0 Å². The number of sulfonamides is 1. The molecule has 4 N–H and O–H groups in total. The molecule has 0 fully saturated rings. The molecular weight excluding hydrogens is 261 g/mol. The number of rotatable bonds is 5. The Morgan fingerprint density at radius 3 is 2.67 bits per heavy atom. The van der Waals surface area contributed by atoms with Gasteiger partial charge in [-0.3, -0.25) is 4.79 Å². The molecule has 0 aliphatic heterocycles. The van der Waals surface area contributed by atoms with Gasteiger partial charge in [0.15, 0.2) is 0 Å². The molecule has 0 aromatic heterocycles. The third kappa shape index (κ3) is 3.41. The first-order valence-corrected chi connectivity index (χ1v) is 6.67. The van der Waals surface area contributed by atoms with Gasteiger partial charge in [0.25, 0.3) is 0 Å². The molecule has 8 heteroatoms. The average molecular weight is 275 g/mol. The fourth-order valence-electron chi connectivity index (χ4n) is 1.30. The van der Waals surface area contributed by atoms with Crippen LogP contribution in [0.2, 0.25) is 0 Å². The minimum absolute atomic E-state index is 0.210. The third-order valence-corrected chi connectivity index (χ3v) is 3.56. The summed E-state index contributed by atoms with van der Waals surface area (Å²) in [6.07, 6.45) is 0. The van der Waals surface area contributed by atoms with Gasteiger partial charge in [0.1, 0.15) is 10.7 Å². The Hall–Kier alpha value is -1.67. The van der Waals surface area contributed by atoms with Crippen molar-refractivity contribution in [3.63, 3.8) is 0 Å². The maximum Gasteiger partial charge on any atom is 0.246 e. The minimum Gasteiger partial charge on any atom is -0.398 e. The van der Waals surface area contributed by atoms with Crippen LogP contribution < -0.4 is 15.8 Å². The van der Waals surface area contributed by atoms with Gasteiger partial charge in [0.05, 0.1) is 12.2 Å². The second kappa shape index (κ2) is 5.78. The SMILES string of the molecule is CCNC(=O)CNS(=O)(=O)c1c(N)cccc1F. The van der Waals surface area contributed by atoms with E-state index in [1.54, 1.807) is 6.92 Å². The van der Waals surface area contributed by atoms with E-state index in [-0.39, 0.29) is 5.69 Å². The number of anilines is 1. The molecule has 1 rings (SSSR count). The Balaban J connectivity index is 2.91. The van der Waals surface area contributed by atoms with Gasteiger partial charge in [-0.05, 0) is 19.1 Å². The van der Waals surface area contributed by atoms with Crippen molar-refractivity contribution in [3.8, 4) is 0 Å². The Morgan fingerprint density at radius 1 is 1.44 bits per heavy atom. The van der Waals surface area contributed by atoms with E-state index in [9.17, 15) is 17.6 Å². The number of halogens is 1. The van der Waals surface area contributed by atoms with Gasteiger partial charge < -0.3 is 11.1 Å². The maximum atomic E-state index is 13.4. The summed E-state index contributed by atoms with van der Waals surface area (Å²) in [7, 11) is -4.15. The van der Waals surface area contributed by atoms with Gasteiger partial charge >= 0.3 is 0 Å². The van der Waals surface area contributed by atoms with E-state index >= 15 is 0 Å². The lowest BCUT2D eigenvalue weighted by molar-refractivity contribution is -0.119. The molecule has 0 aliphatic carbocycles. The Bertz CT molecular complexity index is 525. The predicted octanol–water partition coefficient (Wildman–Crippen LogP) is -0.178. The number of nitrogen functional groups attached to an aromatic ring is 1. The highest BCUT2D eigenvalue weighted by Gasteiger charge is 2.22. The molecule has 0 spiro atoms. The smallest absolute Gasteiger partial charge is 0.246 e. The molecule has 0 saturated carbocycles. The van der Waals surface area contributed by atoms with Crippen LogP contribution in [-0.2, 0) is 14.8 Å². The molecule has 0 unspecified atom stereocenters. The number of amides is 1. The quantitative estimate of drug-likeness (QED) is 0.649. The molecule has 0 radical (unpaired) electrons. The van der Waals surface area contributed by atoms with Gasteiger partial charge in [-0.15, -0.1) is 0 Å². The van der Waals surface area contributed by atoms with Crippen LogP contribution >= 0.6 is 0 Å². The number of nitrogens with two attached hydrogens (primary N) is 1. The zero-order chi connectivity index (χ0) is 13.8. The highest BCUT2D eigenvalue weighted by molar-refractivity contribution is 7.89. The van der Waals surface area contributed by atoms with Crippen molar-refractivity contribution in [3.05, 3.63) is 24.0 Å². The summed E-state index contributed by atoms with van der Waals surface area (Å²) in [4.78, 5) is 10.5. The normalized spacial score (nSPS) is 11.2. The topological polar surface area (TPSA) is 101 Å². The van der Waals surface area contributed by atoms with Crippen LogP contribution in [-0.4, -0.2) is 27.4 Å². The summed E-state index contributed by atoms with van der Waals surface area (Å²) in [6, 6.07) is 3.55. The zero-order valence-corrected chi connectivity index (χ0v) is 10.6. The molecule has 18 heavy (non-hydrogen) atoms. The fourth-order valence-corrected chi connectivity index (χ4v) is 2.47. The summed E-state index contributed by atoms with van der Waals surface area (Å²) < 4.78 is 38.9. The van der Waals surface area contributed by atoms with Crippen molar-refractivity contribution in [1.82, 2.24) is 10.0 Å². The third-order valence-electron chi connectivity index (χ3n) is 2.06. The van der Waals surface area contributed by atoms with E-state index in [1.165, 1.54) is 12.1 Å². The molecule has 0 aliphatic rings. The molecule has 1 aromatic rings. The van der Waals surface area contributed by atoms with Crippen LogP contribution in [0.25, 0.3) is 0 Å². The van der Waals surface area contributed by atoms with Crippen LogP contribution in [0, 0.1) is 5.82 Å². The first-order chi connectivity index (χ1) is 8.38. The van der Waals surface area contributed by atoms with E-state index < -0.39 is 33.2 Å². The van der Waals surface area contributed by atoms with E-state index in [2.05, 4.69) is 5.32 Å². The van der Waals surface area contributed by atoms with E-state index in [1.807, 2.05) is 4.72 Å². The number of likely N-dealkylation sites (N-methyl/N-ethyl adjacent to an activating group) is 1. The highest BCUT2D eigenvalue weighted by atomic mass is 32.2. The molecular formula is C10H14FN3O3S. The lowest BCUT2D eigenvalue weighted by Gasteiger charge is -2.09. The van der Waals surface area contributed by atoms with Crippen molar-refractivity contribution in [1.29, 1.82) is 0 Å². The zero-order valence-electron chi connectivity index (χ0n) is 9.73. The van der Waals surface area contributed by atoms with Crippen LogP contribution in [0.5, 0.6) is 0 Å². The van der Waals surface area contributed by atoms with Crippen molar-refractivity contribution in [2.75, 3.05) is 18.8 Å². The van der Waals surface area contributed by atoms with Gasteiger partial charge in [-0.1, -0.05) is 6.07 Å². The van der Waals surface area contributed by atoms with Crippen LogP contribution in [0.3, 0.4) is 0 Å². The molecule has 0 heterocycles. The summed E-state index contributed by atoms with van der Waals surface area (Å²) in [6.45, 7) is 1.60. The number of carbonyl (C=O) groups is 1. The molecule has 1 aromatic carbocycles. The number of benzene rings is 1. The van der Waals surface area contributed by atoms with Crippen molar-refractivity contribution in [2.45, 2.75) is 11.8 Å². The van der Waals surface area contributed by atoms with E-state index in [0.717, 1.165) is 6.07 Å². The first kappa shape index (κ1) is 14.4. The molecule has 0 bridgehead atoms. The standard InChI is InChI=1S/C10H14FN3O3S/c1-2-13-9(15)6-14-18(16,17)10-7(11)4-3-5-8(10)12/h3-5,14H,2,6,12H2,1H3,(H,13,15). The lowest BCUT2D eigenvalue weighted by atomic mass is 10.3. The number of hydrogen-bond donors (Lipinski definition) is 3. The summed E-state index contributed by atoms with van der Waals surface area (Å²) >= 11 is 0. The summed E-state index contributed by atoms with van der Waals surface area (Å²) in [5.41, 5.74) is 5.20. The van der Waals surface area contributed by atoms with Crippen molar-refractivity contribution < 1.29 is 17.6 Å². The average Bonchev–Trinajstić information content (AvgIpc) is 2.26. The molecule has 100 valence electrons. The molecule has 0 saturated heterocycles. The summed E-state index contributed by atoms with van der Waals surface area (Å²) in [5.74, 6) is -1.46. The van der Waals surface area contributed by atoms with Gasteiger partial charge in [0.2, 0.25) is 15.9 Å². The molecule has 1 amide bonds. The summed E-state index contributed by atoms with van der Waals surface area (Å²) in [5, 5.41) is 2.41. The van der Waals surface area contributed by atoms with Crippen LogP contribution in [0.1, 0.15) is 6.92 Å². The second-order valence-corrected chi connectivity index (χ2v) is 5.14. The van der Waals surface area contributed by atoms with E-state index in [0.29, 0.717) is 6.54 Å². The highest BCUT2D eigenvalue weighted by Crippen LogP contribution is 2.20.